The second-order valence-corrected chi connectivity index (χ2v) is 4.50. The van der Waals surface area contributed by atoms with E-state index in [1.54, 1.807) is 0 Å². The molecule has 1 fully saturated rings. The summed E-state index contributed by atoms with van der Waals surface area (Å²) in [6, 6.07) is 4.03. The third-order valence-electron chi connectivity index (χ3n) is 3.49. The van der Waals surface area contributed by atoms with Crippen LogP contribution in [0.5, 0.6) is 11.5 Å². The molecule has 1 saturated carbocycles. The molecular weight excluding hydrogens is 190 g/mol. The number of benzene rings is 1. The number of hydrogen-bond donors (Lipinski definition) is 1. The number of rotatable bonds is 1. The lowest BCUT2D eigenvalue weighted by Crippen LogP contribution is -2.44. The number of fused-ring (bicyclic) bond motifs is 1. The van der Waals surface area contributed by atoms with Gasteiger partial charge in [-0.15, -0.1) is 0 Å². The summed E-state index contributed by atoms with van der Waals surface area (Å²) >= 11 is 0. The fourth-order valence-electron chi connectivity index (χ4n) is 2.50. The molecule has 0 spiro atoms. The van der Waals surface area contributed by atoms with Gasteiger partial charge in [0.1, 0.15) is 0 Å². The van der Waals surface area contributed by atoms with Crippen LogP contribution in [0.25, 0.3) is 0 Å². The van der Waals surface area contributed by atoms with Crippen LogP contribution >= 0.6 is 0 Å². The number of aryl methyl sites for hydroxylation is 1. The third-order valence-corrected chi connectivity index (χ3v) is 3.49. The van der Waals surface area contributed by atoms with Crippen LogP contribution in [0.3, 0.4) is 0 Å². The highest BCUT2D eigenvalue weighted by Gasteiger charge is 2.39. The van der Waals surface area contributed by atoms with E-state index in [4.69, 9.17) is 15.2 Å². The Bertz CT molecular complexity index is 410. The summed E-state index contributed by atoms with van der Waals surface area (Å²) in [5.74, 6) is 1.71. The second kappa shape index (κ2) is 2.89. The lowest BCUT2D eigenvalue weighted by Gasteiger charge is -2.40. The van der Waals surface area contributed by atoms with E-state index in [2.05, 4.69) is 13.0 Å². The van der Waals surface area contributed by atoms with Gasteiger partial charge in [-0.3, -0.25) is 0 Å². The van der Waals surface area contributed by atoms with E-state index in [0.717, 1.165) is 29.9 Å². The first kappa shape index (κ1) is 9.04. The lowest BCUT2D eigenvalue weighted by atomic mass is 9.71. The zero-order chi connectivity index (χ0) is 10.5. The van der Waals surface area contributed by atoms with Gasteiger partial charge in [0.15, 0.2) is 11.5 Å². The molecular formula is C12H15NO2. The van der Waals surface area contributed by atoms with Crippen molar-refractivity contribution in [2.75, 3.05) is 6.79 Å². The van der Waals surface area contributed by atoms with E-state index in [-0.39, 0.29) is 5.54 Å². The lowest BCUT2D eigenvalue weighted by molar-refractivity contribution is 0.168. The summed E-state index contributed by atoms with van der Waals surface area (Å²) in [4.78, 5) is 0. The molecule has 3 nitrogen and oxygen atoms in total. The zero-order valence-electron chi connectivity index (χ0n) is 8.88. The standard InChI is InChI=1S/C12H15NO2/c1-8-3-4-9-11(15-7-14-9)10(8)12(13)5-2-6-12/h3-4H,2,5-7,13H2,1H3. The van der Waals surface area contributed by atoms with Crippen LogP contribution in [0.4, 0.5) is 0 Å². The van der Waals surface area contributed by atoms with Crippen molar-refractivity contribution in [3.05, 3.63) is 23.3 Å². The van der Waals surface area contributed by atoms with Crippen molar-refractivity contribution < 1.29 is 9.47 Å². The van der Waals surface area contributed by atoms with Gasteiger partial charge in [0.2, 0.25) is 6.79 Å². The average molecular weight is 205 g/mol. The maximum atomic E-state index is 6.36. The molecule has 2 N–H and O–H groups in total. The van der Waals surface area contributed by atoms with E-state index < -0.39 is 0 Å². The maximum Gasteiger partial charge on any atom is 0.231 e. The molecule has 0 radical (unpaired) electrons. The fourth-order valence-corrected chi connectivity index (χ4v) is 2.50. The molecule has 3 heteroatoms. The predicted molar refractivity (Wildman–Crippen MR) is 57.0 cm³/mol. The summed E-state index contributed by atoms with van der Waals surface area (Å²) in [6.45, 7) is 2.41. The monoisotopic (exact) mass is 205 g/mol. The van der Waals surface area contributed by atoms with Crippen molar-refractivity contribution in [3.8, 4) is 11.5 Å². The third kappa shape index (κ3) is 1.16. The highest BCUT2D eigenvalue weighted by Crippen LogP contribution is 2.48. The van der Waals surface area contributed by atoms with Gasteiger partial charge in [0.05, 0.1) is 0 Å². The number of nitrogens with two attached hydrogens (primary N) is 1. The van der Waals surface area contributed by atoms with E-state index in [9.17, 15) is 0 Å². The van der Waals surface area contributed by atoms with Crippen LogP contribution in [-0.2, 0) is 5.54 Å². The summed E-state index contributed by atoms with van der Waals surface area (Å²) in [5.41, 5.74) is 8.55. The van der Waals surface area contributed by atoms with Crippen LogP contribution in [-0.4, -0.2) is 6.79 Å². The summed E-state index contributed by atoms with van der Waals surface area (Å²) < 4.78 is 10.9. The number of ether oxygens (including phenoxy) is 2. The zero-order valence-corrected chi connectivity index (χ0v) is 8.88. The van der Waals surface area contributed by atoms with Gasteiger partial charge in [0, 0.05) is 11.1 Å². The van der Waals surface area contributed by atoms with E-state index in [1.165, 1.54) is 12.0 Å². The van der Waals surface area contributed by atoms with E-state index in [1.807, 2.05) is 6.07 Å². The molecule has 15 heavy (non-hydrogen) atoms. The minimum absolute atomic E-state index is 0.177. The van der Waals surface area contributed by atoms with Gasteiger partial charge in [0.25, 0.3) is 0 Å². The Labute approximate surface area is 89.2 Å². The van der Waals surface area contributed by atoms with E-state index >= 15 is 0 Å². The molecule has 3 rings (SSSR count). The minimum Gasteiger partial charge on any atom is -0.454 e. The Kier molecular flexibility index (Phi) is 1.74. The van der Waals surface area contributed by atoms with Crippen molar-refractivity contribution in [2.45, 2.75) is 31.7 Å². The highest BCUT2D eigenvalue weighted by atomic mass is 16.7. The summed E-state index contributed by atoms with van der Waals surface area (Å²) in [5, 5.41) is 0. The highest BCUT2D eigenvalue weighted by molar-refractivity contribution is 5.55. The molecule has 0 unspecified atom stereocenters. The van der Waals surface area contributed by atoms with Crippen LogP contribution in [0.1, 0.15) is 30.4 Å². The van der Waals surface area contributed by atoms with Gasteiger partial charge < -0.3 is 15.2 Å². The van der Waals surface area contributed by atoms with Crippen molar-refractivity contribution >= 4 is 0 Å². The van der Waals surface area contributed by atoms with Gasteiger partial charge >= 0.3 is 0 Å². The van der Waals surface area contributed by atoms with Gasteiger partial charge in [-0.1, -0.05) is 6.07 Å². The topological polar surface area (TPSA) is 44.5 Å². The molecule has 1 aliphatic carbocycles. The average Bonchev–Trinajstić information content (AvgIpc) is 2.62. The maximum absolute atomic E-state index is 6.36. The molecule has 0 saturated heterocycles. The van der Waals surface area contributed by atoms with Crippen LogP contribution < -0.4 is 15.2 Å². The largest absolute Gasteiger partial charge is 0.454 e. The second-order valence-electron chi connectivity index (χ2n) is 4.50. The van der Waals surface area contributed by atoms with Gasteiger partial charge in [-0.25, -0.2) is 0 Å². The molecule has 0 aromatic heterocycles. The minimum atomic E-state index is -0.177. The Morgan fingerprint density at radius 1 is 1.27 bits per heavy atom. The van der Waals surface area contributed by atoms with Crippen LogP contribution in [0.15, 0.2) is 12.1 Å². The van der Waals surface area contributed by atoms with Crippen molar-refractivity contribution in [3.63, 3.8) is 0 Å². The van der Waals surface area contributed by atoms with Gasteiger partial charge in [-0.05, 0) is 37.8 Å². The molecule has 1 aliphatic heterocycles. The SMILES string of the molecule is Cc1ccc2c(c1C1(N)CCC1)OCO2. The first-order valence-corrected chi connectivity index (χ1v) is 5.39. The molecule has 1 aromatic carbocycles. The molecule has 80 valence electrons. The quantitative estimate of drug-likeness (QED) is 0.763. The molecule has 1 aromatic rings. The fraction of sp³-hybridized carbons (Fsp3) is 0.500. The van der Waals surface area contributed by atoms with Crippen LogP contribution in [0, 0.1) is 6.92 Å². The Morgan fingerprint density at radius 3 is 2.73 bits per heavy atom. The van der Waals surface area contributed by atoms with Gasteiger partial charge in [-0.2, -0.15) is 0 Å². The van der Waals surface area contributed by atoms with Crippen molar-refractivity contribution in [1.29, 1.82) is 0 Å². The Morgan fingerprint density at radius 2 is 2.07 bits per heavy atom. The normalized spacial score (nSPS) is 21.2. The summed E-state index contributed by atoms with van der Waals surface area (Å²) in [7, 11) is 0. The Balaban J connectivity index is 2.17. The molecule has 0 bridgehead atoms. The summed E-state index contributed by atoms with van der Waals surface area (Å²) in [6.07, 6.45) is 3.31. The number of hydrogen-bond acceptors (Lipinski definition) is 3. The predicted octanol–water partition coefficient (Wildman–Crippen LogP) is 2.06. The van der Waals surface area contributed by atoms with Crippen molar-refractivity contribution in [1.82, 2.24) is 0 Å². The first-order chi connectivity index (χ1) is 7.21. The smallest absolute Gasteiger partial charge is 0.231 e. The molecule has 0 atom stereocenters. The molecule has 2 aliphatic rings. The van der Waals surface area contributed by atoms with Crippen molar-refractivity contribution in [2.24, 2.45) is 5.73 Å². The Hall–Kier alpha value is -1.22. The molecule has 1 heterocycles. The first-order valence-electron chi connectivity index (χ1n) is 5.39. The molecule has 0 amide bonds. The van der Waals surface area contributed by atoms with E-state index in [0.29, 0.717) is 6.79 Å². The van der Waals surface area contributed by atoms with Crippen LogP contribution in [0.2, 0.25) is 0 Å².